The van der Waals surface area contributed by atoms with Crippen molar-refractivity contribution in [1.82, 2.24) is 9.97 Å². The second kappa shape index (κ2) is 8.10. The van der Waals surface area contributed by atoms with Gasteiger partial charge in [0.1, 0.15) is 5.75 Å². The van der Waals surface area contributed by atoms with Gasteiger partial charge in [-0.2, -0.15) is 0 Å². The van der Waals surface area contributed by atoms with E-state index in [9.17, 15) is 4.79 Å². The Morgan fingerprint density at radius 2 is 1.92 bits per heavy atom. The maximum Gasteiger partial charge on any atom is 0.222 e. The van der Waals surface area contributed by atoms with Crippen molar-refractivity contribution in [2.75, 3.05) is 12.4 Å². The number of aromatic nitrogens is 2. The van der Waals surface area contributed by atoms with Crippen LogP contribution >= 0.6 is 0 Å². The van der Waals surface area contributed by atoms with E-state index in [1.807, 2.05) is 24.3 Å². The van der Waals surface area contributed by atoms with Gasteiger partial charge in [-0.1, -0.05) is 32.1 Å². The molecule has 1 aliphatic rings. The predicted molar refractivity (Wildman–Crippen MR) is 98.6 cm³/mol. The molecule has 0 bridgehead atoms. The highest BCUT2D eigenvalue weighted by Gasteiger charge is 2.18. The Morgan fingerprint density at radius 1 is 1.20 bits per heavy atom. The topological polar surface area (TPSA) is 64.1 Å². The Morgan fingerprint density at radius 3 is 2.56 bits per heavy atom. The van der Waals surface area contributed by atoms with Gasteiger partial charge in [-0.15, -0.1) is 0 Å². The molecule has 1 aliphatic carbocycles. The standard InChI is InChI=1S/C20H25N3O2/c1-14(24)22-20-18(12-15-6-4-3-5-7-15)23-19(13-21-20)16-8-10-17(25-2)11-9-16/h8-11,13,15H,3-7,12H2,1-2H3,(H,21,22,24). The van der Waals surface area contributed by atoms with Crippen molar-refractivity contribution in [2.24, 2.45) is 5.92 Å². The third-order valence-corrected chi connectivity index (χ3v) is 4.73. The van der Waals surface area contributed by atoms with Gasteiger partial charge >= 0.3 is 0 Å². The van der Waals surface area contributed by atoms with E-state index in [4.69, 9.17) is 9.72 Å². The smallest absolute Gasteiger partial charge is 0.222 e. The minimum Gasteiger partial charge on any atom is -0.497 e. The second-order valence-electron chi connectivity index (χ2n) is 6.67. The molecule has 5 heteroatoms. The minimum atomic E-state index is -0.114. The SMILES string of the molecule is COc1ccc(-c2cnc(NC(C)=O)c(CC3CCCCC3)n2)cc1. The lowest BCUT2D eigenvalue weighted by molar-refractivity contribution is -0.114. The summed E-state index contributed by atoms with van der Waals surface area (Å²) in [5.74, 6) is 1.92. The molecule has 1 fully saturated rings. The number of nitrogens with one attached hydrogen (secondary N) is 1. The van der Waals surface area contributed by atoms with E-state index in [2.05, 4.69) is 10.3 Å². The Kier molecular flexibility index (Phi) is 5.64. The monoisotopic (exact) mass is 339 g/mol. The number of ether oxygens (including phenoxy) is 1. The Hall–Kier alpha value is -2.43. The maximum atomic E-state index is 11.5. The lowest BCUT2D eigenvalue weighted by atomic mass is 9.86. The van der Waals surface area contributed by atoms with Crippen LogP contribution in [0.4, 0.5) is 5.82 Å². The highest BCUT2D eigenvalue weighted by Crippen LogP contribution is 2.29. The van der Waals surface area contributed by atoms with E-state index >= 15 is 0 Å². The van der Waals surface area contributed by atoms with Crippen LogP contribution in [0.25, 0.3) is 11.3 Å². The number of amides is 1. The molecule has 5 nitrogen and oxygen atoms in total. The van der Waals surface area contributed by atoms with Gasteiger partial charge in [0.25, 0.3) is 0 Å². The van der Waals surface area contributed by atoms with Gasteiger partial charge in [-0.05, 0) is 36.6 Å². The number of carbonyl (C=O) groups is 1. The van der Waals surface area contributed by atoms with Gasteiger partial charge in [0.05, 0.1) is 24.7 Å². The van der Waals surface area contributed by atoms with Crippen LogP contribution in [0.1, 0.15) is 44.7 Å². The van der Waals surface area contributed by atoms with Crippen molar-refractivity contribution in [3.8, 4) is 17.0 Å². The fraction of sp³-hybridized carbons (Fsp3) is 0.450. The molecule has 1 N–H and O–H groups in total. The molecule has 1 amide bonds. The molecule has 1 heterocycles. The van der Waals surface area contributed by atoms with Crippen molar-refractivity contribution in [1.29, 1.82) is 0 Å². The van der Waals surface area contributed by atoms with Crippen molar-refractivity contribution in [3.63, 3.8) is 0 Å². The Bertz CT molecular complexity index is 722. The maximum absolute atomic E-state index is 11.5. The Balaban J connectivity index is 1.88. The molecule has 25 heavy (non-hydrogen) atoms. The lowest BCUT2D eigenvalue weighted by Gasteiger charge is -2.22. The molecular weight excluding hydrogens is 314 g/mol. The molecule has 0 atom stereocenters. The summed E-state index contributed by atoms with van der Waals surface area (Å²) in [7, 11) is 1.65. The van der Waals surface area contributed by atoms with Gasteiger partial charge in [0, 0.05) is 12.5 Å². The quantitative estimate of drug-likeness (QED) is 0.885. The summed E-state index contributed by atoms with van der Waals surface area (Å²) >= 11 is 0. The first-order chi connectivity index (χ1) is 12.2. The highest BCUT2D eigenvalue weighted by atomic mass is 16.5. The first kappa shape index (κ1) is 17.4. The average Bonchev–Trinajstić information content (AvgIpc) is 2.64. The summed E-state index contributed by atoms with van der Waals surface area (Å²) in [4.78, 5) is 20.8. The number of anilines is 1. The van der Waals surface area contributed by atoms with E-state index in [1.54, 1.807) is 13.3 Å². The molecule has 1 aromatic heterocycles. The zero-order valence-corrected chi connectivity index (χ0v) is 14.9. The van der Waals surface area contributed by atoms with Gasteiger partial charge in [0.2, 0.25) is 5.91 Å². The molecule has 1 aromatic carbocycles. The first-order valence-corrected chi connectivity index (χ1v) is 8.93. The summed E-state index contributed by atoms with van der Waals surface area (Å²) in [5.41, 5.74) is 2.70. The van der Waals surface area contributed by atoms with E-state index in [0.29, 0.717) is 11.7 Å². The van der Waals surface area contributed by atoms with Crippen LogP contribution in [0.3, 0.4) is 0 Å². The van der Waals surface area contributed by atoms with Crippen LogP contribution in [0.5, 0.6) is 5.75 Å². The van der Waals surface area contributed by atoms with Crippen LogP contribution in [0.2, 0.25) is 0 Å². The molecule has 1 saturated carbocycles. The van der Waals surface area contributed by atoms with E-state index in [0.717, 1.165) is 29.1 Å². The molecule has 132 valence electrons. The van der Waals surface area contributed by atoms with Gasteiger partial charge in [-0.25, -0.2) is 9.97 Å². The third kappa shape index (κ3) is 4.56. The minimum absolute atomic E-state index is 0.114. The fourth-order valence-corrected chi connectivity index (χ4v) is 3.41. The number of carbonyl (C=O) groups excluding carboxylic acids is 1. The fourth-order valence-electron chi connectivity index (χ4n) is 3.41. The van der Waals surface area contributed by atoms with Crippen molar-refractivity contribution in [2.45, 2.75) is 45.4 Å². The number of nitrogens with zero attached hydrogens (tertiary/aromatic N) is 2. The lowest BCUT2D eigenvalue weighted by Crippen LogP contribution is -2.16. The number of methoxy groups -OCH3 is 1. The summed E-state index contributed by atoms with van der Waals surface area (Å²) in [6.45, 7) is 1.50. The van der Waals surface area contributed by atoms with Gasteiger partial charge < -0.3 is 10.1 Å². The predicted octanol–water partition coefficient (Wildman–Crippen LogP) is 4.23. The molecule has 0 aliphatic heterocycles. The largest absolute Gasteiger partial charge is 0.497 e. The first-order valence-electron chi connectivity index (χ1n) is 8.93. The molecule has 0 saturated heterocycles. The van der Waals surface area contributed by atoms with Gasteiger partial charge in [0.15, 0.2) is 5.82 Å². The number of rotatable bonds is 5. The summed E-state index contributed by atoms with van der Waals surface area (Å²) < 4.78 is 5.21. The molecule has 3 rings (SSSR count). The zero-order chi connectivity index (χ0) is 17.6. The van der Waals surface area contributed by atoms with Crippen LogP contribution in [0, 0.1) is 5.92 Å². The van der Waals surface area contributed by atoms with E-state index in [1.165, 1.54) is 39.0 Å². The molecule has 0 radical (unpaired) electrons. The third-order valence-electron chi connectivity index (χ3n) is 4.73. The summed E-state index contributed by atoms with van der Waals surface area (Å²) in [6.07, 6.45) is 8.94. The average molecular weight is 339 g/mol. The summed E-state index contributed by atoms with van der Waals surface area (Å²) in [6, 6.07) is 7.79. The second-order valence-corrected chi connectivity index (χ2v) is 6.67. The normalized spacial score (nSPS) is 15.0. The number of hydrogen-bond donors (Lipinski definition) is 1. The molecular formula is C20H25N3O2. The van der Waals surface area contributed by atoms with Gasteiger partial charge in [-0.3, -0.25) is 4.79 Å². The number of hydrogen-bond acceptors (Lipinski definition) is 4. The molecule has 2 aromatic rings. The summed E-state index contributed by atoms with van der Waals surface area (Å²) in [5, 5.41) is 2.83. The van der Waals surface area contributed by atoms with E-state index in [-0.39, 0.29) is 5.91 Å². The molecule has 0 spiro atoms. The van der Waals surface area contributed by atoms with E-state index < -0.39 is 0 Å². The van der Waals surface area contributed by atoms with Crippen LogP contribution in [0.15, 0.2) is 30.5 Å². The van der Waals surface area contributed by atoms with Crippen LogP contribution < -0.4 is 10.1 Å². The van der Waals surface area contributed by atoms with Crippen LogP contribution in [-0.4, -0.2) is 23.0 Å². The highest BCUT2D eigenvalue weighted by molar-refractivity contribution is 5.88. The molecule has 0 unspecified atom stereocenters. The van der Waals surface area contributed by atoms with Crippen molar-refractivity contribution >= 4 is 11.7 Å². The van der Waals surface area contributed by atoms with Crippen molar-refractivity contribution in [3.05, 3.63) is 36.2 Å². The van der Waals surface area contributed by atoms with Crippen LogP contribution in [-0.2, 0) is 11.2 Å². The Labute approximate surface area is 148 Å². The number of benzene rings is 1. The zero-order valence-electron chi connectivity index (χ0n) is 14.9. The van der Waals surface area contributed by atoms with Crippen molar-refractivity contribution < 1.29 is 9.53 Å².